The third-order valence-corrected chi connectivity index (χ3v) is 6.47. The molecule has 9 heteroatoms. The first-order chi connectivity index (χ1) is 12.4. The fourth-order valence-corrected chi connectivity index (χ4v) is 4.55. The van der Waals surface area contributed by atoms with Crippen molar-refractivity contribution in [1.82, 2.24) is 4.72 Å². The van der Waals surface area contributed by atoms with Crippen molar-refractivity contribution in [1.29, 1.82) is 0 Å². The number of hydrogen-bond donors (Lipinski definition) is 2. The maximum Gasteiger partial charge on any atom is 0.265 e. The molecule has 26 heavy (non-hydrogen) atoms. The van der Waals surface area contributed by atoms with E-state index in [-0.39, 0.29) is 10.8 Å². The van der Waals surface area contributed by atoms with E-state index >= 15 is 0 Å². The van der Waals surface area contributed by atoms with Gasteiger partial charge in [-0.3, -0.25) is 14.5 Å². The maximum absolute atomic E-state index is 12.5. The third-order valence-electron chi connectivity index (χ3n) is 3.85. The smallest absolute Gasteiger partial charge is 0.265 e. The number of amidine groups is 1. The number of amides is 1. The van der Waals surface area contributed by atoms with Crippen molar-refractivity contribution in [2.45, 2.75) is 30.6 Å². The lowest BCUT2D eigenvalue weighted by atomic mass is 10.2. The fourth-order valence-electron chi connectivity index (χ4n) is 2.52. The minimum atomic E-state index is -3.68. The van der Waals surface area contributed by atoms with Crippen LogP contribution in [0.4, 0.5) is 5.69 Å². The van der Waals surface area contributed by atoms with E-state index in [4.69, 9.17) is 11.6 Å². The van der Waals surface area contributed by atoms with Crippen LogP contribution in [0.2, 0.25) is 4.34 Å². The van der Waals surface area contributed by atoms with Gasteiger partial charge in [-0.2, -0.15) is 0 Å². The summed E-state index contributed by atoms with van der Waals surface area (Å²) < 4.78 is 28.0. The Morgan fingerprint density at radius 2 is 1.85 bits per heavy atom. The minimum absolute atomic E-state index is 0.126. The number of nitrogens with one attached hydrogen (secondary N) is 2. The molecule has 3 rings (SSSR count). The number of thiophene rings is 1. The SMILES string of the molecule is O=C(Nc1ccc(S(=O)(=O)NC2=NCCCCC2)cc1)c1ccc(Cl)s1. The number of aliphatic imine (C=N–C) groups is 1. The molecule has 6 nitrogen and oxygen atoms in total. The summed E-state index contributed by atoms with van der Waals surface area (Å²) in [5.41, 5.74) is 0.505. The number of carbonyl (C=O) groups is 1. The molecule has 0 saturated heterocycles. The third kappa shape index (κ3) is 4.84. The Hall–Kier alpha value is -1.90. The lowest BCUT2D eigenvalue weighted by molar-refractivity contribution is 0.103. The second kappa shape index (κ2) is 8.20. The van der Waals surface area contributed by atoms with Gasteiger partial charge in [-0.1, -0.05) is 18.0 Å². The topological polar surface area (TPSA) is 87.6 Å². The van der Waals surface area contributed by atoms with Crippen molar-refractivity contribution < 1.29 is 13.2 Å². The Morgan fingerprint density at radius 3 is 2.54 bits per heavy atom. The quantitative estimate of drug-likeness (QED) is 0.799. The molecule has 0 radical (unpaired) electrons. The lowest BCUT2D eigenvalue weighted by Crippen LogP contribution is -2.30. The zero-order chi connectivity index (χ0) is 18.6. The summed E-state index contributed by atoms with van der Waals surface area (Å²) >= 11 is 7.00. The second-order valence-corrected chi connectivity index (χ2v) is 9.22. The summed E-state index contributed by atoms with van der Waals surface area (Å²) in [6.07, 6.45) is 3.60. The first-order valence-electron chi connectivity index (χ1n) is 8.17. The van der Waals surface area contributed by atoms with Crippen LogP contribution in [-0.2, 0) is 10.0 Å². The van der Waals surface area contributed by atoms with Crippen LogP contribution in [0.5, 0.6) is 0 Å². The summed E-state index contributed by atoms with van der Waals surface area (Å²) in [5, 5.41) is 2.71. The molecule has 2 heterocycles. The van der Waals surface area contributed by atoms with Gasteiger partial charge in [-0.25, -0.2) is 8.42 Å². The Morgan fingerprint density at radius 1 is 1.08 bits per heavy atom. The predicted octanol–water partition coefficient (Wildman–Crippen LogP) is 3.90. The molecule has 1 aromatic heterocycles. The molecular formula is C17H18ClN3O3S2. The highest BCUT2D eigenvalue weighted by atomic mass is 35.5. The van der Waals surface area contributed by atoms with Gasteiger partial charge in [0.25, 0.3) is 15.9 Å². The summed E-state index contributed by atoms with van der Waals surface area (Å²) in [4.78, 5) is 17.0. The van der Waals surface area contributed by atoms with E-state index in [0.29, 0.717) is 33.7 Å². The van der Waals surface area contributed by atoms with Crippen LogP contribution in [0.1, 0.15) is 35.4 Å². The normalized spacial score (nSPS) is 15.0. The molecule has 0 atom stereocenters. The number of sulfonamides is 1. The zero-order valence-electron chi connectivity index (χ0n) is 13.9. The molecule has 1 aliphatic heterocycles. The highest BCUT2D eigenvalue weighted by Gasteiger charge is 2.17. The standard InChI is InChI=1S/C17H18ClN3O3S2/c18-15-10-9-14(25-15)17(22)20-12-5-7-13(8-6-12)26(23,24)21-16-4-2-1-3-11-19-16/h5-10H,1-4,11H2,(H,19,21)(H,20,22). The fraction of sp³-hybridized carbons (Fsp3) is 0.294. The monoisotopic (exact) mass is 411 g/mol. The minimum Gasteiger partial charge on any atom is -0.321 e. The number of carbonyl (C=O) groups excluding carboxylic acids is 1. The largest absolute Gasteiger partial charge is 0.321 e. The molecule has 0 fully saturated rings. The Kier molecular flexibility index (Phi) is 5.95. The number of anilines is 1. The van der Waals surface area contributed by atoms with Gasteiger partial charge in [-0.05, 0) is 49.2 Å². The summed E-state index contributed by atoms with van der Waals surface area (Å²) in [6, 6.07) is 9.30. The van der Waals surface area contributed by atoms with Crippen LogP contribution in [-0.4, -0.2) is 26.7 Å². The highest BCUT2D eigenvalue weighted by Crippen LogP contribution is 2.23. The predicted molar refractivity (Wildman–Crippen MR) is 105 cm³/mol. The van der Waals surface area contributed by atoms with E-state index in [1.54, 1.807) is 24.3 Å². The molecule has 1 aromatic carbocycles. The van der Waals surface area contributed by atoms with Gasteiger partial charge in [0.2, 0.25) is 0 Å². The van der Waals surface area contributed by atoms with Gasteiger partial charge in [0, 0.05) is 18.7 Å². The van der Waals surface area contributed by atoms with Crippen LogP contribution in [0, 0.1) is 0 Å². The number of nitrogens with zero attached hydrogens (tertiary/aromatic N) is 1. The van der Waals surface area contributed by atoms with Crippen molar-refractivity contribution in [3.05, 3.63) is 45.6 Å². The number of hydrogen-bond acceptors (Lipinski definition) is 5. The van der Waals surface area contributed by atoms with E-state index in [2.05, 4.69) is 15.0 Å². The van der Waals surface area contributed by atoms with Gasteiger partial charge in [-0.15, -0.1) is 11.3 Å². The van der Waals surface area contributed by atoms with Crippen molar-refractivity contribution in [3.8, 4) is 0 Å². The first-order valence-corrected chi connectivity index (χ1v) is 10.8. The number of benzene rings is 1. The average molecular weight is 412 g/mol. The van der Waals surface area contributed by atoms with Gasteiger partial charge in [0.1, 0.15) is 5.84 Å². The molecular weight excluding hydrogens is 394 g/mol. The molecule has 0 aliphatic carbocycles. The van der Waals surface area contributed by atoms with Crippen LogP contribution < -0.4 is 10.0 Å². The number of halogens is 1. The van der Waals surface area contributed by atoms with Gasteiger partial charge in [0.15, 0.2) is 0 Å². The first kappa shape index (κ1) is 18.9. The van der Waals surface area contributed by atoms with E-state index < -0.39 is 10.0 Å². The van der Waals surface area contributed by atoms with Crippen molar-refractivity contribution >= 4 is 50.4 Å². The van der Waals surface area contributed by atoms with E-state index in [9.17, 15) is 13.2 Å². The second-order valence-electron chi connectivity index (χ2n) is 5.83. The molecule has 1 aliphatic rings. The Bertz CT molecular complexity index is 921. The molecule has 1 amide bonds. The molecule has 0 unspecified atom stereocenters. The molecule has 138 valence electrons. The van der Waals surface area contributed by atoms with E-state index in [1.165, 1.54) is 23.5 Å². The Labute approximate surface area is 161 Å². The van der Waals surface area contributed by atoms with Crippen molar-refractivity contribution in [2.24, 2.45) is 4.99 Å². The average Bonchev–Trinajstić information content (AvgIpc) is 2.88. The molecule has 2 N–H and O–H groups in total. The molecule has 2 aromatic rings. The van der Waals surface area contributed by atoms with Gasteiger partial charge < -0.3 is 5.32 Å². The molecule has 0 spiro atoms. The lowest BCUT2D eigenvalue weighted by Gasteiger charge is -2.10. The summed E-state index contributed by atoms with van der Waals surface area (Å²) in [6.45, 7) is 0.648. The Balaban J connectivity index is 1.68. The summed E-state index contributed by atoms with van der Waals surface area (Å²) in [5.74, 6) is 0.220. The van der Waals surface area contributed by atoms with Crippen LogP contribution in [0.15, 0.2) is 46.3 Å². The maximum atomic E-state index is 12.5. The molecule has 0 saturated carbocycles. The van der Waals surface area contributed by atoms with E-state index in [1.807, 2.05) is 0 Å². The van der Waals surface area contributed by atoms with Gasteiger partial charge >= 0.3 is 0 Å². The highest BCUT2D eigenvalue weighted by molar-refractivity contribution is 7.90. The zero-order valence-corrected chi connectivity index (χ0v) is 16.3. The van der Waals surface area contributed by atoms with E-state index in [0.717, 1.165) is 19.3 Å². The summed E-state index contributed by atoms with van der Waals surface area (Å²) in [7, 11) is -3.68. The van der Waals surface area contributed by atoms with Gasteiger partial charge in [0.05, 0.1) is 14.1 Å². The van der Waals surface area contributed by atoms with Crippen LogP contribution in [0.3, 0.4) is 0 Å². The number of rotatable bonds is 4. The van der Waals surface area contributed by atoms with Crippen molar-refractivity contribution in [2.75, 3.05) is 11.9 Å². The van der Waals surface area contributed by atoms with Crippen LogP contribution >= 0.6 is 22.9 Å². The van der Waals surface area contributed by atoms with Crippen LogP contribution in [0.25, 0.3) is 0 Å². The molecule has 0 bridgehead atoms. The van der Waals surface area contributed by atoms with Crippen molar-refractivity contribution in [3.63, 3.8) is 0 Å².